The molecule has 73 heavy (non-hydrogen) atoms. The van der Waals surface area contributed by atoms with Gasteiger partial charge in [0.15, 0.2) is 11.6 Å². The maximum atomic E-state index is 15.2. The highest BCUT2D eigenvalue weighted by Gasteiger charge is 2.41. The van der Waals surface area contributed by atoms with E-state index in [0.29, 0.717) is 41.1 Å². The predicted octanol–water partition coefficient (Wildman–Crippen LogP) is 6.25. The SMILES string of the molecule is N#Cc1c(NS(=O)(=O)N2CC[C@@H](F)C2)ccc(F)c1Oc1ccc2ncn(-c3ccc(N4CCC5(CCN(CC6CCN(c7ccc8c(c7)CN([C@H]7CCC(=O)NC7=O)C8=O)CC6)CC5)CC4)cc3)c(=O)c2c1. The summed E-state index contributed by atoms with van der Waals surface area (Å²) in [7, 11) is -4.24. The van der Waals surface area contributed by atoms with Gasteiger partial charge in [0.05, 0.1) is 22.3 Å². The summed E-state index contributed by atoms with van der Waals surface area (Å²) in [5.74, 6) is -1.63. The van der Waals surface area contributed by atoms with Gasteiger partial charge in [-0.1, -0.05) is 0 Å². The molecule has 1 aromatic heterocycles. The molecule has 2 atom stereocenters. The van der Waals surface area contributed by atoms with Crippen molar-refractivity contribution in [2.24, 2.45) is 11.3 Å². The smallest absolute Gasteiger partial charge is 0.301 e. The van der Waals surface area contributed by atoms with E-state index in [1.54, 1.807) is 11.0 Å². The summed E-state index contributed by atoms with van der Waals surface area (Å²) in [6.45, 7) is 7.17. The van der Waals surface area contributed by atoms with E-state index in [1.165, 1.54) is 35.9 Å². The largest absolute Gasteiger partial charge is 0.453 e. The highest BCUT2D eigenvalue weighted by atomic mass is 32.2. The summed E-state index contributed by atoms with van der Waals surface area (Å²) < 4.78 is 65.4. The van der Waals surface area contributed by atoms with Crippen LogP contribution in [0.4, 0.5) is 25.8 Å². The first-order valence-electron chi connectivity index (χ1n) is 25.2. The Morgan fingerprint density at radius 1 is 0.822 bits per heavy atom. The molecular weight excluding hydrogens is 959 g/mol. The number of halogens is 2. The lowest BCUT2D eigenvalue weighted by atomic mass is 9.71. The third-order valence-corrected chi connectivity index (χ3v) is 17.6. The monoisotopic (exact) mass is 1010 g/mol. The molecule has 6 aliphatic rings. The molecule has 5 fully saturated rings. The Labute approximate surface area is 421 Å². The number of fused-ring (bicyclic) bond motifs is 2. The molecule has 7 heterocycles. The normalized spacial score (nSPS) is 21.9. The van der Waals surface area contributed by atoms with Crippen molar-refractivity contribution < 1.29 is 36.3 Å². The lowest BCUT2D eigenvalue weighted by Gasteiger charge is -2.48. The Balaban J connectivity index is 0.664. The molecule has 3 amide bonds. The molecule has 380 valence electrons. The van der Waals surface area contributed by atoms with Crippen molar-refractivity contribution in [2.45, 2.75) is 76.5 Å². The topological polar surface area (TPSA) is 194 Å². The quantitative estimate of drug-likeness (QED) is 0.142. The zero-order valence-electron chi connectivity index (χ0n) is 40.3. The van der Waals surface area contributed by atoms with Crippen LogP contribution in [0.2, 0.25) is 0 Å². The van der Waals surface area contributed by atoms with Crippen molar-refractivity contribution >= 4 is 55.9 Å². The van der Waals surface area contributed by atoms with Crippen LogP contribution in [0, 0.1) is 28.5 Å². The van der Waals surface area contributed by atoms with Crippen molar-refractivity contribution in [2.75, 3.05) is 73.4 Å². The summed E-state index contributed by atoms with van der Waals surface area (Å²) in [5, 5.41) is 12.6. The Kier molecular flexibility index (Phi) is 12.9. The minimum absolute atomic E-state index is 0.0261. The first-order valence-corrected chi connectivity index (χ1v) is 26.6. The molecule has 11 rings (SSSR count). The molecule has 20 heteroatoms. The summed E-state index contributed by atoms with van der Waals surface area (Å²) in [6, 6.07) is 21.5. The molecule has 0 aliphatic carbocycles. The molecule has 0 saturated carbocycles. The van der Waals surface area contributed by atoms with Crippen LogP contribution in [0.15, 0.2) is 83.9 Å². The van der Waals surface area contributed by atoms with Gasteiger partial charge in [-0.25, -0.2) is 13.8 Å². The average molecular weight is 1020 g/mol. The Morgan fingerprint density at radius 2 is 1.53 bits per heavy atom. The average Bonchev–Trinajstić information content (AvgIpc) is 3.99. The van der Waals surface area contributed by atoms with Crippen LogP contribution in [0.3, 0.4) is 0 Å². The standard InChI is InChI=1S/C53H56F2N10O7S/c54-36-15-22-63(32-36)73(70,71)59-46-10-8-44(55)49(43(46)29-56)72-40-6-9-45-42(28-40)52(69)65(33-57-45)38-3-1-37(2-4-38)62-25-18-53(19-26-62)16-23-60(24-17-53)30-34-13-20-61(21-14-34)39-5-7-41-35(27-39)31-64(51(41)68)47-11-12-48(66)58-50(47)67/h1-10,27-28,33-34,36,47,59H,11-26,30-32H2,(H,58,66,67)/t36-,47+/m1/s1. The number of anilines is 3. The Hall–Kier alpha value is -6.95. The van der Waals surface area contributed by atoms with Crippen LogP contribution >= 0.6 is 0 Å². The fourth-order valence-corrected chi connectivity index (χ4v) is 13.0. The minimum Gasteiger partial charge on any atom is -0.453 e. The lowest BCUT2D eigenvalue weighted by Crippen LogP contribution is -2.52. The number of piperidine rings is 4. The van der Waals surface area contributed by atoms with Crippen LogP contribution in [0.25, 0.3) is 16.6 Å². The number of hydrogen-bond donors (Lipinski definition) is 2. The predicted molar refractivity (Wildman–Crippen MR) is 269 cm³/mol. The number of aromatic nitrogens is 2. The number of nitrogens with one attached hydrogen (secondary N) is 2. The van der Waals surface area contributed by atoms with Gasteiger partial charge in [0, 0.05) is 75.7 Å². The number of carbonyl (C=O) groups is 3. The summed E-state index contributed by atoms with van der Waals surface area (Å²) in [5.41, 5.74) is 4.04. The first kappa shape index (κ1) is 48.3. The second-order valence-corrected chi connectivity index (χ2v) is 22.1. The number of amides is 3. The van der Waals surface area contributed by atoms with Gasteiger partial charge in [-0.15, -0.1) is 0 Å². The van der Waals surface area contributed by atoms with Gasteiger partial charge in [0.2, 0.25) is 11.8 Å². The molecule has 0 bridgehead atoms. The van der Waals surface area contributed by atoms with Crippen LogP contribution in [0.5, 0.6) is 11.5 Å². The van der Waals surface area contributed by atoms with Crippen molar-refractivity contribution in [3.8, 4) is 23.3 Å². The van der Waals surface area contributed by atoms with E-state index in [-0.39, 0.29) is 54.6 Å². The highest BCUT2D eigenvalue weighted by Crippen LogP contribution is 2.43. The fourth-order valence-electron chi connectivity index (χ4n) is 11.7. The van der Waals surface area contributed by atoms with Gasteiger partial charge in [0.1, 0.15) is 35.9 Å². The van der Waals surface area contributed by atoms with Gasteiger partial charge in [-0.05, 0) is 154 Å². The molecule has 5 aromatic rings. The van der Waals surface area contributed by atoms with E-state index < -0.39 is 51.0 Å². The van der Waals surface area contributed by atoms with Gasteiger partial charge in [-0.2, -0.15) is 18.0 Å². The van der Waals surface area contributed by atoms with Gasteiger partial charge in [-0.3, -0.25) is 33.8 Å². The van der Waals surface area contributed by atoms with E-state index in [4.69, 9.17) is 4.74 Å². The van der Waals surface area contributed by atoms with Gasteiger partial charge in [0.25, 0.3) is 11.5 Å². The number of imide groups is 1. The number of hydrogen-bond acceptors (Lipinski definition) is 12. The third-order valence-electron chi connectivity index (χ3n) is 16.1. The second-order valence-electron chi connectivity index (χ2n) is 20.4. The molecule has 5 saturated heterocycles. The van der Waals surface area contributed by atoms with Crippen molar-refractivity contribution in [1.29, 1.82) is 5.26 Å². The number of nitriles is 1. The number of ether oxygens (including phenoxy) is 1. The van der Waals surface area contributed by atoms with Crippen molar-refractivity contribution in [1.82, 2.24) is 29.0 Å². The maximum absolute atomic E-state index is 15.2. The molecule has 0 unspecified atom stereocenters. The lowest BCUT2D eigenvalue weighted by molar-refractivity contribution is -0.136. The third kappa shape index (κ3) is 9.61. The molecule has 1 spiro atoms. The highest BCUT2D eigenvalue weighted by molar-refractivity contribution is 7.90. The maximum Gasteiger partial charge on any atom is 0.301 e. The first-order chi connectivity index (χ1) is 35.2. The van der Waals surface area contributed by atoms with E-state index in [9.17, 15) is 37.2 Å². The number of carbonyl (C=O) groups excluding carboxylic acids is 3. The summed E-state index contributed by atoms with van der Waals surface area (Å²) in [6.07, 6.45) is 7.64. The van der Waals surface area contributed by atoms with Gasteiger partial charge < -0.3 is 24.3 Å². The molecule has 2 N–H and O–H groups in total. The zero-order valence-corrected chi connectivity index (χ0v) is 41.1. The van der Waals surface area contributed by atoms with E-state index >= 15 is 4.39 Å². The van der Waals surface area contributed by atoms with Crippen LogP contribution in [-0.4, -0.2) is 121 Å². The van der Waals surface area contributed by atoms with Crippen molar-refractivity contribution in [3.05, 3.63) is 112 Å². The molecule has 17 nitrogen and oxygen atoms in total. The van der Waals surface area contributed by atoms with Crippen LogP contribution in [-0.2, 0) is 26.3 Å². The number of nitrogens with zero attached hydrogens (tertiary/aromatic N) is 8. The number of benzene rings is 4. The summed E-state index contributed by atoms with van der Waals surface area (Å²) in [4.78, 5) is 64.9. The minimum atomic E-state index is -4.24. The second kappa shape index (κ2) is 19.5. The van der Waals surface area contributed by atoms with Crippen LogP contribution < -0.4 is 30.1 Å². The van der Waals surface area contributed by atoms with E-state index in [0.717, 1.165) is 105 Å². The zero-order chi connectivity index (χ0) is 50.6. The molecule has 4 aromatic carbocycles. The van der Waals surface area contributed by atoms with Gasteiger partial charge >= 0.3 is 10.2 Å². The fraction of sp³-hybridized carbons (Fsp3) is 0.434. The number of likely N-dealkylation sites (tertiary alicyclic amines) is 1. The Bertz CT molecular complexity index is 3210. The van der Waals surface area contributed by atoms with Crippen molar-refractivity contribution in [3.63, 3.8) is 0 Å². The molecule has 0 radical (unpaired) electrons. The number of rotatable bonds is 11. The number of alkyl halides is 1. The van der Waals surface area contributed by atoms with E-state index in [1.807, 2.05) is 42.5 Å². The Morgan fingerprint density at radius 3 is 2.25 bits per heavy atom. The van der Waals surface area contributed by atoms with E-state index in [2.05, 4.69) is 35.8 Å². The molecule has 6 aliphatic heterocycles. The molecular formula is C53H56F2N10O7S. The summed E-state index contributed by atoms with van der Waals surface area (Å²) >= 11 is 0. The van der Waals surface area contributed by atoms with Crippen LogP contribution in [0.1, 0.15) is 79.3 Å².